The molecule has 0 bridgehead atoms. The maximum absolute atomic E-state index is 6.06. The Hall–Kier alpha value is -1.00. The Morgan fingerprint density at radius 2 is 2.27 bits per heavy atom. The van der Waals surface area contributed by atoms with Crippen LogP contribution in [0.5, 0.6) is 0 Å². The molecule has 1 fully saturated rings. The molecule has 15 heavy (non-hydrogen) atoms. The lowest BCUT2D eigenvalue weighted by Gasteiger charge is -2.07. The molecule has 1 aromatic carbocycles. The summed E-state index contributed by atoms with van der Waals surface area (Å²) in [5.41, 5.74) is 8.57. The SMILES string of the molecule is NC1(CCc2ccc3nnsc3c2)CC1. The summed E-state index contributed by atoms with van der Waals surface area (Å²) in [6.07, 6.45) is 4.56. The molecule has 1 aliphatic rings. The van der Waals surface area contributed by atoms with Crippen molar-refractivity contribution in [3.05, 3.63) is 23.8 Å². The Balaban J connectivity index is 1.78. The van der Waals surface area contributed by atoms with Gasteiger partial charge in [-0.3, -0.25) is 0 Å². The van der Waals surface area contributed by atoms with E-state index in [1.165, 1.54) is 34.6 Å². The molecule has 4 heteroatoms. The molecule has 78 valence electrons. The van der Waals surface area contributed by atoms with Crippen LogP contribution in [-0.2, 0) is 6.42 Å². The highest BCUT2D eigenvalue weighted by Crippen LogP contribution is 2.36. The molecular weight excluding hydrogens is 206 g/mol. The molecule has 0 saturated heterocycles. The summed E-state index contributed by atoms with van der Waals surface area (Å²) in [5, 5.41) is 4.02. The van der Waals surface area contributed by atoms with Crippen molar-refractivity contribution >= 4 is 21.7 Å². The summed E-state index contributed by atoms with van der Waals surface area (Å²) in [6.45, 7) is 0. The van der Waals surface area contributed by atoms with Crippen LogP contribution in [0.4, 0.5) is 0 Å². The Morgan fingerprint density at radius 1 is 1.40 bits per heavy atom. The van der Waals surface area contributed by atoms with Crippen LogP contribution < -0.4 is 5.73 Å². The standard InChI is InChI=1S/C11H13N3S/c12-11(5-6-11)4-3-8-1-2-9-10(7-8)15-14-13-9/h1-2,7H,3-6,12H2. The zero-order valence-electron chi connectivity index (χ0n) is 8.44. The summed E-state index contributed by atoms with van der Waals surface area (Å²) >= 11 is 1.46. The van der Waals surface area contributed by atoms with Crippen molar-refractivity contribution in [1.82, 2.24) is 9.59 Å². The van der Waals surface area contributed by atoms with E-state index < -0.39 is 0 Å². The van der Waals surface area contributed by atoms with Crippen molar-refractivity contribution in [3.63, 3.8) is 0 Å². The number of nitrogens with zero attached hydrogens (tertiary/aromatic N) is 2. The summed E-state index contributed by atoms with van der Waals surface area (Å²) in [7, 11) is 0. The van der Waals surface area contributed by atoms with Crippen LogP contribution in [-0.4, -0.2) is 15.1 Å². The van der Waals surface area contributed by atoms with E-state index in [1.54, 1.807) is 0 Å². The third-order valence-corrected chi connectivity index (χ3v) is 3.80. The van der Waals surface area contributed by atoms with E-state index in [-0.39, 0.29) is 5.54 Å². The van der Waals surface area contributed by atoms with Crippen LogP contribution in [0.25, 0.3) is 10.2 Å². The molecule has 0 atom stereocenters. The van der Waals surface area contributed by atoms with E-state index in [1.807, 2.05) is 6.07 Å². The van der Waals surface area contributed by atoms with E-state index in [9.17, 15) is 0 Å². The fourth-order valence-corrected chi connectivity index (χ4v) is 2.41. The fourth-order valence-electron chi connectivity index (χ4n) is 1.78. The van der Waals surface area contributed by atoms with Crippen molar-refractivity contribution in [2.24, 2.45) is 5.73 Å². The summed E-state index contributed by atoms with van der Waals surface area (Å²) in [6, 6.07) is 6.37. The van der Waals surface area contributed by atoms with Crippen molar-refractivity contribution in [3.8, 4) is 0 Å². The average Bonchev–Trinajstić information content (AvgIpc) is 2.80. The van der Waals surface area contributed by atoms with Gasteiger partial charge in [-0.25, -0.2) is 0 Å². The quantitative estimate of drug-likeness (QED) is 0.860. The van der Waals surface area contributed by atoms with Crippen molar-refractivity contribution in [1.29, 1.82) is 0 Å². The van der Waals surface area contributed by atoms with Crippen molar-refractivity contribution < 1.29 is 0 Å². The molecule has 0 radical (unpaired) electrons. The third kappa shape index (κ3) is 1.87. The van der Waals surface area contributed by atoms with Gasteiger partial charge in [-0.1, -0.05) is 10.6 Å². The predicted octanol–water partition coefficient (Wildman–Crippen LogP) is 2.12. The van der Waals surface area contributed by atoms with E-state index in [0.717, 1.165) is 18.4 Å². The monoisotopic (exact) mass is 219 g/mol. The normalized spacial score (nSPS) is 18.2. The van der Waals surface area contributed by atoms with E-state index in [4.69, 9.17) is 5.73 Å². The second-order valence-electron chi connectivity index (χ2n) is 4.44. The van der Waals surface area contributed by atoms with E-state index in [2.05, 4.69) is 21.7 Å². The molecular formula is C11H13N3S. The van der Waals surface area contributed by atoms with Gasteiger partial charge < -0.3 is 5.73 Å². The molecule has 0 unspecified atom stereocenters. The first-order chi connectivity index (χ1) is 7.25. The van der Waals surface area contributed by atoms with Gasteiger partial charge in [0.1, 0.15) is 5.52 Å². The first-order valence-corrected chi connectivity index (χ1v) is 6.02. The number of hydrogen-bond acceptors (Lipinski definition) is 4. The first-order valence-electron chi connectivity index (χ1n) is 5.25. The number of fused-ring (bicyclic) bond motifs is 1. The summed E-state index contributed by atoms with van der Waals surface area (Å²) < 4.78 is 5.11. The van der Waals surface area contributed by atoms with Crippen LogP contribution in [0.2, 0.25) is 0 Å². The first kappa shape index (κ1) is 9.24. The summed E-state index contributed by atoms with van der Waals surface area (Å²) in [5.74, 6) is 0. The smallest absolute Gasteiger partial charge is 0.105 e. The lowest BCUT2D eigenvalue weighted by atomic mass is 10.0. The number of nitrogens with two attached hydrogens (primary N) is 1. The molecule has 1 heterocycles. The minimum Gasteiger partial charge on any atom is -0.325 e. The minimum absolute atomic E-state index is 0.154. The lowest BCUT2D eigenvalue weighted by Crippen LogP contribution is -2.21. The van der Waals surface area contributed by atoms with Crippen LogP contribution in [0.1, 0.15) is 24.8 Å². The van der Waals surface area contributed by atoms with Gasteiger partial charge in [-0.15, -0.1) is 5.10 Å². The number of rotatable bonds is 3. The zero-order chi connectivity index (χ0) is 10.3. The van der Waals surface area contributed by atoms with Gasteiger partial charge in [0, 0.05) is 5.54 Å². The second kappa shape index (κ2) is 3.25. The molecule has 1 aromatic heterocycles. The Labute approximate surface area is 92.5 Å². The number of benzene rings is 1. The molecule has 2 N–H and O–H groups in total. The number of aromatic nitrogens is 2. The van der Waals surface area contributed by atoms with Gasteiger partial charge in [0.25, 0.3) is 0 Å². The second-order valence-corrected chi connectivity index (χ2v) is 5.22. The number of hydrogen-bond donors (Lipinski definition) is 1. The van der Waals surface area contributed by atoms with Gasteiger partial charge in [0.2, 0.25) is 0 Å². The lowest BCUT2D eigenvalue weighted by molar-refractivity contribution is 0.609. The highest BCUT2D eigenvalue weighted by atomic mass is 32.1. The van der Waals surface area contributed by atoms with Gasteiger partial charge >= 0.3 is 0 Å². The molecule has 3 nitrogen and oxygen atoms in total. The number of aryl methyl sites for hydroxylation is 1. The van der Waals surface area contributed by atoms with E-state index >= 15 is 0 Å². The Bertz CT molecular complexity index is 487. The maximum atomic E-state index is 6.06. The highest BCUT2D eigenvalue weighted by Gasteiger charge is 2.37. The van der Waals surface area contributed by atoms with Gasteiger partial charge in [0.15, 0.2) is 0 Å². The van der Waals surface area contributed by atoms with Gasteiger partial charge in [0.05, 0.1) is 4.70 Å². The molecule has 0 spiro atoms. The Morgan fingerprint density at radius 3 is 3.07 bits per heavy atom. The van der Waals surface area contributed by atoms with Crippen LogP contribution in [0.15, 0.2) is 18.2 Å². The maximum Gasteiger partial charge on any atom is 0.105 e. The molecule has 0 amide bonds. The Kier molecular flexibility index (Phi) is 2.00. The van der Waals surface area contributed by atoms with Crippen molar-refractivity contribution in [2.75, 3.05) is 0 Å². The fraction of sp³-hybridized carbons (Fsp3) is 0.455. The summed E-state index contributed by atoms with van der Waals surface area (Å²) in [4.78, 5) is 0. The van der Waals surface area contributed by atoms with Gasteiger partial charge in [-0.05, 0) is 54.9 Å². The van der Waals surface area contributed by atoms with Crippen LogP contribution in [0, 0.1) is 0 Å². The largest absolute Gasteiger partial charge is 0.325 e. The van der Waals surface area contributed by atoms with Gasteiger partial charge in [-0.2, -0.15) is 0 Å². The third-order valence-electron chi connectivity index (χ3n) is 3.12. The molecule has 1 aliphatic carbocycles. The highest BCUT2D eigenvalue weighted by molar-refractivity contribution is 7.12. The van der Waals surface area contributed by atoms with Crippen LogP contribution in [0.3, 0.4) is 0 Å². The zero-order valence-corrected chi connectivity index (χ0v) is 9.26. The molecule has 2 aromatic rings. The molecule has 1 saturated carbocycles. The predicted molar refractivity (Wildman–Crippen MR) is 61.9 cm³/mol. The van der Waals surface area contributed by atoms with Crippen LogP contribution >= 0.6 is 11.5 Å². The minimum atomic E-state index is 0.154. The topological polar surface area (TPSA) is 51.8 Å². The van der Waals surface area contributed by atoms with Crippen molar-refractivity contribution in [2.45, 2.75) is 31.2 Å². The average molecular weight is 219 g/mol. The molecule has 3 rings (SSSR count). The molecule has 0 aliphatic heterocycles. The van der Waals surface area contributed by atoms with E-state index in [0.29, 0.717) is 0 Å².